The second-order valence-corrected chi connectivity index (χ2v) is 8.88. The smallest absolute Gasteiger partial charge is 0.234 e. The number of hydrogen-bond acceptors (Lipinski definition) is 1. The number of aryl methyl sites for hydroxylation is 6. The van der Waals surface area contributed by atoms with Gasteiger partial charge in [0.05, 0.1) is 5.56 Å². The Bertz CT molecular complexity index is 1280. The monoisotopic (exact) mass is 407 g/mol. The van der Waals surface area contributed by atoms with Crippen LogP contribution in [0.3, 0.4) is 0 Å². The normalized spacial score (nSPS) is 11.1. The van der Waals surface area contributed by atoms with Crippen LogP contribution in [0.5, 0.6) is 0 Å². The molecule has 0 saturated heterocycles. The van der Waals surface area contributed by atoms with Crippen LogP contribution >= 0.6 is 0 Å². The molecule has 2 heteroatoms. The fourth-order valence-corrected chi connectivity index (χ4v) is 4.52. The second-order valence-electron chi connectivity index (χ2n) is 8.88. The minimum atomic E-state index is 1.00. The van der Waals surface area contributed by atoms with Gasteiger partial charge < -0.3 is 0 Å². The van der Waals surface area contributed by atoms with Crippen molar-refractivity contribution in [1.82, 2.24) is 4.98 Å². The molecule has 0 unspecified atom stereocenters. The zero-order valence-electron chi connectivity index (χ0n) is 19.7. The van der Waals surface area contributed by atoms with Crippen LogP contribution in [0, 0.1) is 41.5 Å². The molecular formula is C29H31N2+. The standard InChI is InChI=1S/C29H31N2/c1-18-12-19(2)15-24(14-18)28-29(26-16-20(3)13-22(5)23(26)6)31(7)17-27(30-28)25-11-9-8-10-21(25)4/h8-17H,1-7H3/q+1. The third-order valence-corrected chi connectivity index (χ3v) is 6.11. The van der Waals surface area contributed by atoms with Crippen LogP contribution in [-0.4, -0.2) is 4.98 Å². The SMILES string of the molecule is Cc1cc(C)cc(-c2nc(-c3ccccc3C)c[n+](C)c2-c2cc(C)cc(C)c2C)c1. The zero-order valence-corrected chi connectivity index (χ0v) is 19.7. The molecule has 0 saturated carbocycles. The van der Waals surface area contributed by atoms with Gasteiger partial charge in [-0.3, -0.25) is 0 Å². The van der Waals surface area contributed by atoms with Crippen LogP contribution in [-0.2, 0) is 7.05 Å². The second kappa shape index (κ2) is 8.11. The van der Waals surface area contributed by atoms with E-state index >= 15 is 0 Å². The Morgan fingerprint density at radius 1 is 0.677 bits per heavy atom. The average Bonchev–Trinajstić information content (AvgIpc) is 2.70. The van der Waals surface area contributed by atoms with E-state index in [0.29, 0.717) is 0 Å². The Morgan fingerprint density at radius 3 is 2.00 bits per heavy atom. The molecule has 0 N–H and O–H groups in total. The van der Waals surface area contributed by atoms with Crippen LogP contribution in [0.15, 0.2) is 60.8 Å². The van der Waals surface area contributed by atoms with Crippen molar-refractivity contribution in [3.8, 4) is 33.8 Å². The molecule has 0 aliphatic rings. The molecular weight excluding hydrogens is 376 g/mol. The van der Waals surface area contributed by atoms with E-state index in [0.717, 1.165) is 22.6 Å². The van der Waals surface area contributed by atoms with E-state index in [2.05, 4.69) is 114 Å². The number of aromatic nitrogens is 2. The molecule has 1 heterocycles. The fourth-order valence-electron chi connectivity index (χ4n) is 4.52. The Hall–Kier alpha value is -3.26. The highest BCUT2D eigenvalue weighted by molar-refractivity contribution is 5.80. The molecule has 0 atom stereocenters. The van der Waals surface area contributed by atoms with Crippen molar-refractivity contribution in [2.45, 2.75) is 41.5 Å². The summed E-state index contributed by atoms with van der Waals surface area (Å²) < 4.78 is 2.25. The summed E-state index contributed by atoms with van der Waals surface area (Å²) in [5.74, 6) is 0. The van der Waals surface area contributed by atoms with E-state index in [-0.39, 0.29) is 0 Å². The van der Waals surface area contributed by atoms with E-state index in [1.807, 2.05) is 0 Å². The van der Waals surface area contributed by atoms with Gasteiger partial charge in [0.25, 0.3) is 0 Å². The quantitative estimate of drug-likeness (QED) is 0.343. The number of benzene rings is 3. The van der Waals surface area contributed by atoms with Gasteiger partial charge in [0, 0.05) is 11.1 Å². The lowest BCUT2D eigenvalue weighted by Gasteiger charge is -2.15. The van der Waals surface area contributed by atoms with Gasteiger partial charge in [0.2, 0.25) is 5.69 Å². The molecule has 0 amide bonds. The molecule has 0 bridgehead atoms. The van der Waals surface area contributed by atoms with Gasteiger partial charge in [0.15, 0.2) is 6.20 Å². The third-order valence-electron chi connectivity index (χ3n) is 6.11. The minimum absolute atomic E-state index is 1.00. The van der Waals surface area contributed by atoms with E-state index in [9.17, 15) is 0 Å². The van der Waals surface area contributed by atoms with E-state index in [4.69, 9.17) is 4.98 Å². The molecule has 0 aliphatic carbocycles. The summed E-state index contributed by atoms with van der Waals surface area (Å²) in [6, 6.07) is 19.7. The Labute approximate surface area is 186 Å². The zero-order chi connectivity index (χ0) is 22.3. The molecule has 0 spiro atoms. The maximum absolute atomic E-state index is 5.27. The van der Waals surface area contributed by atoms with Gasteiger partial charge in [0.1, 0.15) is 18.4 Å². The number of rotatable bonds is 3. The lowest BCUT2D eigenvalue weighted by Crippen LogP contribution is -2.33. The van der Waals surface area contributed by atoms with Crippen LogP contribution in [0.4, 0.5) is 0 Å². The van der Waals surface area contributed by atoms with Crippen molar-refractivity contribution in [1.29, 1.82) is 0 Å². The van der Waals surface area contributed by atoms with Gasteiger partial charge in [-0.05, 0) is 76.4 Å². The lowest BCUT2D eigenvalue weighted by atomic mass is 9.93. The summed E-state index contributed by atoms with van der Waals surface area (Å²) in [6.45, 7) is 13.0. The van der Waals surface area contributed by atoms with Crippen LogP contribution in [0.2, 0.25) is 0 Å². The predicted octanol–water partition coefficient (Wildman–Crippen LogP) is 6.76. The van der Waals surface area contributed by atoms with Crippen molar-refractivity contribution in [2.75, 3.05) is 0 Å². The van der Waals surface area contributed by atoms with Crippen LogP contribution in [0.1, 0.15) is 33.4 Å². The molecule has 2 nitrogen and oxygen atoms in total. The highest BCUT2D eigenvalue weighted by atomic mass is 15.0. The summed E-state index contributed by atoms with van der Waals surface area (Å²) in [6.07, 6.45) is 2.17. The number of hydrogen-bond donors (Lipinski definition) is 0. The van der Waals surface area contributed by atoms with E-state index in [1.54, 1.807) is 0 Å². The van der Waals surface area contributed by atoms with Crippen LogP contribution < -0.4 is 4.57 Å². The molecule has 0 radical (unpaired) electrons. The van der Waals surface area contributed by atoms with Crippen LogP contribution in [0.25, 0.3) is 33.8 Å². The molecule has 31 heavy (non-hydrogen) atoms. The Morgan fingerprint density at radius 2 is 1.32 bits per heavy atom. The third kappa shape index (κ3) is 4.03. The summed E-state index contributed by atoms with van der Waals surface area (Å²) >= 11 is 0. The van der Waals surface area contributed by atoms with Gasteiger partial charge in [-0.15, -0.1) is 0 Å². The van der Waals surface area contributed by atoms with Gasteiger partial charge in [-0.1, -0.05) is 53.1 Å². The maximum atomic E-state index is 5.27. The Balaban J connectivity index is 2.09. The summed E-state index contributed by atoms with van der Waals surface area (Å²) in [5.41, 5.74) is 14.4. The van der Waals surface area contributed by atoms with Gasteiger partial charge in [-0.2, -0.15) is 4.57 Å². The van der Waals surface area contributed by atoms with Crippen molar-refractivity contribution >= 4 is 0 Å². The topological polar surface area (TPSA) is 16.8 Å². The highest BCUT2D eigenvalue weighted by Crippen LogP contribution is 2.34. The first-order chi connectivity index (χ1) is 14.7. The Kier molecular flexibility index (Phi) is 5.49. The maximum Gasteiger partial charge on any atom is 0.239 e. The average molecular weight is 408 g/mol. The molecule has 156 valence electrons. The van der Waals surface area contributed by atoms with Crippen molar-refractivity contribution in [3.63, 3.8) is 0 Å². The molecule has 4 rings (SSSR count). The van der Waals surface area contributed by atoms with E-state index < -0.39 is 0 Å². The molecule has 3 aromatic carbocycles. The molecule has 0 fully saturated rings. The fraction of sp³-hybridized carbons (Fsp3) is 0.241. The van der Waals surface area contributed by atoms with Crippen molar-refractivity contribution < 1.29 is 4.57 Å². The first kappa shape index (κ1) is 21.0. The predicted molar refractivity (Wildman–Crippen MR) is 130 cm³/mol. The first-order valence-electron chi connectivity index (χ1n) is 10.9. The summed E-state index contributed by atoms with van der Waals surface area (Å²) in [4.78, 5) is 5.27. The summed E-state index contributed by atoms with van der Waals surface area (Å²) in [5, 5.41) is 0. The van der Waals surface area contributed by atoms with E-state index in [1.165, 1.54) is 44.5 Å². The van der Waals surface area contributed by atoms with Crippen molar-refractivity contribution in [2.24, 2.45) is 7.05 Å². The largest absolute Gasteiger partial charge is 0.239 e. The van der Waals surface area contributed by atoms with Gasteiger partial charge >= 0.3 is 0 Å². The molecule has 0 aliphatic heterocycles. The first-order valence-corrected chi connectivity index (χ1v) is 10.9. The summed E-state index contributed by atoms with van der Waals surface area (Å²) in [7, 11) is 2.14. The molecule has 1 aromatic heterocycles. The molecule has 4 aromatic rings. The lowest BCUT2D eigenvalue weighted by molar-refractivity contribution is -0.659. The number of nitrogens with zero attached hydrogens (tertiary/aromatic N) is 2. The van der Waals surface area contributed by atoms with Gasteiger partial charge in [-0.25, -0.2) is 4.98 Å². The highest BCUT2D eigenvalue weighted by Gasteiger charge is 2.24. The van der Waals surface area contributed by atoms with Crippen molar-refractivity contribution in [3.05, 3.63) is 94.2 Å². The minimum Gasteiger partial charge on any atom is -0.234 e.